The Bertz CT molecular complexity index is 736. The maximum atomic E-state index is 12.9. The van der Waals surface area contributed by atoms with Crippen LogP contribution in [-0.2, 0) is 9.59 Å². The van der Waals surface area contributed by atoms with Crippen LogP contribution < -0.4 is 4.74 Å². The van der Waals surface area contributed by atoms with E-state index in [-0.39, 0.29) is 0 Å². The van der Waals surface area contributed by atoms with Crippen molar-refractivity contribution in [3.8, 4) is 5.75 Å². The quantitative estimate of drug-likeness (QED) is 0.215. The first-order chi connectivity index (χ1) is 11.9. The number of hydrogen-bond donors (Lipinski definition) is 0. The molecule has 1 aromatic rings. The van der Waals surface area contributed by atoms with Gasteiger partial charge in [-0.25, -0.2) is 8.78 Å². The lowest BCUT2D eigenvalue weighted by Crippen LogP contribution is -2.33. The molecule has 0 radical (unpaired) electrons. The maximum absolute atomic E-state index is 12.9. The van der Waals surface area contributed by atoms with Gasteiger partial charge in [-0.05, 0) is 26.0 Å². The lowest BCUT2D eigenvalue weighted by atomic mass is 9.90. The smallest absolute Gasteiger partial charge is 0.340 e. The molecule has 0 spiro atoms. The topological polar surface area (TPSA) is 104 Å². The number of carbonyl (C=O) groups is 3. The number of nitrogens with zero attached hydrogens (tertiary/aromatic N) is 1. The summed E-state index contributed by atoms with van der Waals surface area (Å²) in [7, 11) is 0. The Balaban J connectivity index is 3.28. The molecule has 11 heteroatoms. The maximum Gasteiger partial charge on any atom is 0.340 e. The first-order valence-electron chi connectivity index (χ1n) is 7.00. The standard InChI is InChI=1S/C15H13F4NO6/c1-7(21)12(8(2)22)13(23)10-5-9(3-4-11(10)20(24)25)26-6-15(18,19)14(16)17/h3-5,12,14H,6H2,1-2H3. The predicted molar refractivity (Wildman–Crippen MR) is 78.7 cm³/mol. The largest absolute Gasteiger partial charge is 0.487 e. The zero-order valence-electron chi connectivity index (χ0n) is 13.5. The number of Topliss-reactive ketones (excluding diaryl/α,β-unsaturated/α-hetero) is 3. The lowest BCUT2D eigenvalue weighted by Gasteiger charge is -2.16. The molecular weight excluding hydrogens is 366 g/mol. The minimum atomic E-state index is -4.48. The highest BCUT2D eigenvalue weighted by atomic mass is 19.3. The number of nitro benzene ring substituents is 1. The van der Waals surface area contributed by atoms with Gasteiger partial charge in [-0.2, -0.15) is 8.78 Å². The van der Waals surface area contributed by atoms with Crippen LogP contribution in [0.25, 0.3) is 0 Å². The van der Waals surface area contributed by atoms with Crippen LogP contribution in [0.15, 0.2) is 18.2 Å². The summed E-state index contributed by atoms with van der Waals surface area (Å²) < 4.78 is 54.5. The summed E-state index contributed by atoms with van der Waals surface area (Å²) >= 11 is 0. The van der Waals surface area contributed by atoms with Crippen molar-refractivity contribution in [2.75, 3.05) is 6.61 Å². The van der Waals surface area contributed by atoms with Crippen molar-refractivity contribution in [1.29, 1.82) is 0 Å². The normalized spacial score (nSPS) is 11.5. The Kier molecular flexibility index (Phi) is 6.54. The van der Waals surface area contributed by atoms with Crippen LogP contribution in [0.2, 0.25) is 0 Å². The fourth-order valence-electron chi connectivity index (χ4n) is 2.02. The average molecular weight is 379 g/mol. The molecule has 0 saturated carbocycles. The van der Waals surface area contributed by atoms with Gasteiger partial charge in [0.1, 0.15) is 28.8 Å². The minimum absolute atomic E-state index is 0.537. The van der Waals surface area contributed by atoms with Gasteiger partial charge in [0.25, 0.3) is 5.69 Å². The second-order valence-corrected chi connectivity index (χ2v) is 5.31. The molecule has 0 fully saturated rings. The van der Waals surface area contributed by atoms with Crippen LogP contribution in [0.3, 0.4) is 0 Å². The molecule has 0 amide bonds. The lowest BCUT2D eigenvalue weighted by molar-refractivity contribution is -0.385. The monoisotopic (exact) mass is 379 g/mol. The molecule has 0 aromatic heterocycles. The summed E-state index contributed by atoms with van der Waals surface area (Å²) in [6, 6.07) is 2.20. The molecular formula is C15H13F4NO6. The highest BCUT2D eigenvalue weighted by Crippen LogP contribution is 2.29. The van der Waals surface area contributed by atoms with Crippen molar-refractivity contribution in [3.05, 3.63) is 33.9 Å². The van der Waals surface area contributed by atoms with E-state index < -0.39 is 64.1 Å². The Morgan fingerprint density at radius 1 is 1.19 bits per heavy atom. The van der Waals surface area contributed by atoms with E-state index >= 15 is 0 Å². The van der Waals surface area contributed by atoms with Crippen LogP contribution >= 0.6 is 0 Å². The van der Waals surface area contributed by atoms with Crippen molar-refractivity contribution in [1.82, 2.24) is 0 Å². The molecule has 0 saturated heterocycles. The number of benzene rings is 1. The molecule has 1 aromatic carbocycles. The Morgan fingerprint density at radius 2 is 1.73 bits per heavy atom. The molecule has 0 aliphatic carbocycles. The Morgan fingerprint density at radius 3 is 2.15 bits per heavy atom. The van der Waals surface area contributed by atoms with E-state index in [0.717, 1.165) is 26.0 Å². The first kappa shape index (κ1) is 21.2. The zero-order valence-corrected chi connectivity index (χ0v) is 13.5. The van der Waals surface area contributed by atoms with E-state index in [0.29, 0.717) is 6.07 Å². The molecule has 0 N–H and O–H groups in total. The average Bonchev–Trinajstić information content (AvgIpc) is 2.51. The Hall–Kier alpha value is -2.85. The Labute approximate surface area is 144 Å². The van der Waals surface area contributed by atoms with Gasteiger partial charge < -0.3 is 4.74 Å². The summed E-state index contributed by atoms with van der Waals surface area (Å²) in [5.41, 5.74) is -1.53. The zero-order chi connectivity index (χ0) is 20.2. The fourth-order valence-corrected chi connectivity index (χ4v) is 2.02. The van der Waals surface area contributed by atoms with Gasteiger partial charge in [0.15, 0.2) is 12.4 Å². The van der Waals surface area contributed by atoms with Gasteiger partial charge in [-0.15, -0.1) is 0 Å². The number of ketones is 3. The molecule has 1 rings (SSSR count). The van der Waals surface area contributed by atoms with Crippen LogP contribution in [-0.4, -0.2) is 41.2 Å². The first-order valence-corrected chi connectivity index (χ1v) is 7.00. The SMILES string of the molecule is CC(=O)C(C(C)=O)C(=O)c1cc(OCC(F)(F)C(F)F)ccc1[N+](=O)[O-]. The summed E-state index contributed by atoms with van der Waals surface area (Å²) in [5, 5.41) is 11.0. The van der Waals surface area contributed by atoms with Crippen molar-refractivity contribution < 1.29 is 41.6 Å². The molecule has 142 valence electrons. The summed E-state index contributed by atoms with van der Waals surface area (Å²) in [5.74, 6) is -9.79. The number of halogens is 4. The van der Waals surface area contributed by atoms with E-state index in [4.69, 9.17) is 0 Å². The fraction of sp³-hybridized carbons (Fsp3) is 0.400. The minimum Gasteiger partial charge on any atom is -0.487 e. The third-order valence-corrected chi connectivity index (χ3v) is 3.26. The number of nitro groups is 1. The third-order valence-electron chi connectivity index (χ3n) is 3.26. The van der Waals surface area contributed by atoms with Crippen LogP contribution in [0.4, 0.5) is 23.2 Å². The molecule has 0 bridgehead atoms. The molecule has 26 heavy (non-hydrogen) atoms. The van der Waals surface area contributed by atoms with Gasteiger partial charge in [0.05, 0.1) is 4.92 Å². The summed E-state index contributed by atoms with van der Waals surface area (Å²) in [6.45, 7) is 0.123. The predicted octanol–water partition coefficient (Wildman–Crippen LogP) is 2.85. The van der Waals surface area contributed by atoms with Gasteiger partial charge >= 0.3 is 12.3 Å². The molecule has 0 unspecified atom stereocenters. The van der Waals surface area contributed by atoms with Gasteiger partial charge in [-0.1, -0.05) is 0 Å². The third kappa shape index (κ3) is 4.83. The molecule has 7 nitrogen and oxygen atoms in total. The van der Waals surface area contributed by atoms with E-state index in [1.54, 1.807) is 0 Å². The summed E-state index contributed by atoms with van der Waals surface area (Å²) in [6.07, 6.45) is -4.00. The van der Waals surface area contributed by atoms with Gasteiger partial charge in [-0.3, -0.25) is 24.5 Å². The van der Waals surface area contributed by atoms with Crippen molar-refractivity contribution in [3.63, 3.8) is 0 Å². The van der Waals surface area contributed by atoms with Gasteiger partial charge in [0.2, 0.25) is 0 Å². The van der Waals surface area contributed by atoms with Crippen LogP contribution in [0, 0.1) is 16.0 Å². The van der Waals surface area contributed by atoms with Crippen molar-refractivity contribution in [2.24, 2.45) is 5.92 Å². The molecule has 0 aliphatic rings. The van der Waals surface area contributed by atoms with E-state index in [1.165, 1.54) is 0 Å². The number of hydrogen-bond acceptors (Lipinski definition) is 6. The molecule has 0 aliphatic heterocycles. The molecule has 0 heterocycles. The van der Waals surface area contributed by atoms with E-state index in [1.807, 2.05) is 0 Å². The van der Waals surface area contributed by atoms with E-state index in [2.05, 4.69) is 4.74 Å². The number of alkyl halides is 4. The van der Waals surface area contributed by atoms with E-state index in [9.17, 15) is 42.1 Å². The van der Waals surface area contributed by atoms with Crippen molar-refractivity contribution >= 4 is 23.0 Å². The van der Waals surface area contributed by atoms with Crippen LogP contribution in [0.1, 0.15) is 24.2 Å². The second-order valence-electron chi connectivity index (χ2n) is 5.31. The van der Waals surface area contributed by atoms with Crippen molar-refractivity contribution in [2.45, 2.75) is 26.2 Å². The second kappa shape index (κ2) is 8.02. The van der Waals surface area contributed by atoms with Crippen LogP contribution in [0.5, 0.6) is 5.75 Å². The highest BCUT2D eigenvalue weighted by molar-refractivity contribution is 6.24. The highest BCUT2D eigenvalue weighted by Gasteiger charge is 2.42. The van der Waals surface area contributed by atoms with Gasteiger partial charge in [0, 0.05) is 6.07 Å². The summed E-state index contributed by atoms with van der Waals surface area (Å²) in [4.78, 5) is 45.3. The number of ether oxygens (including phenoxy) is 1. The number of rotatable bonds is 9. The number of carbonyl (C=O) groups excluding carboxylic acids is 3. The molecule has 0 atom stereocenters.